The first-order valence-electron chi connectivity index (χ1n) is 3.83. The van der Waals surface area contributed by atoms with Crippen LogP contribution in [0.15, 0.2) is 18.2 Å². The topological polar surface area (TPSA) is 20.2 Å². The zero-order valence-corrected chi connectivity index (χ0v) is 7.27. The van der Waals surface area contributed by atoms with E-state index in [2.05, 4.69) is 0 Å². The molecule has 0 aliphatic carbocycles. The molecule has 1 rings (SSSR count). The Bertz CT molecular complexity index is 332. The number of hydrogen-bond acceptors (Lipinski definition) is 1. The summed E-state index contributed by atoms with van der Waals surface area (Å²) >= 11 is 0. The summed E-state index contributed by atoms with van der Waals surface area (Å²) in [4.78, 5) is 0. The van der Waals surface area contributed by atoms with Crippen LogP contribution >= 0.6 is 0 Å². The van der Waals surface area contributed by atoms with Crippen LogP contribution in [0.4, 0.5) is 17.6 Å². The highest BCUT2D eigenvalue weighted by Gasteiger charge is 2.39. The maximum atomic E-state index is 12.8. The third kappa shape index (κ3) is 2.23. The second kappa shape index (κ2) is 3.57. The molecule has 1 nitrogen and oxygen atoms in total. The summed E-state index contributed by atoms with van der Waals surface area (Å²) in [5.74, 6) is -0.759. The SMILES string of the molecule is Cc1ccc([C@H](O)C(F)(F)F)cc1F. The average molecular weight is 208 g/mol. The third-order valence-corrected chi connectivity index (χ3v) is 1.82. The summed E-state index contributed by atoms with van der Waals surface area (Å²) in [5, 5.41) is 8.78. The highest BCUT2D eigenvalue weighted by atomic mass is 19.4. The van der Waals surface area contributed by atoms with Crippen LogP contribution in [-0.4, -0.2) is 11.3 Å². The molecule has 0 aliphatic heterocycles. The minimum atomic E-state index is -4.76. The quantitative estimate of drug-likeness (QED) is 0.703. The Kier molecular flexibility index (Phi) is 2.80. The highest BCUT2D eigenvalue weighted by molar-refractivity contribution is 5.25. The van der Waals surface area contributed by atoms with Gasteiger partial charge in [0.2, 0.25) is 0 Å². The molecule has 1 aromatic carbocycles. The Labute approximate surface area is 78.0 Å². The first kappa shape index (κ1) is 11.0. The van der Waals surface area contributed by atoms with Gasteiger partial charge in [0.15, 0.2) is 6.10 Å². The monoisotopic (exact) mass is 208 g/mol. The lowest BCUT2D eigenvalue weighted by Crippen LogP contribution is -2.20. The Balaban J connectivity index is 3.03. The van der Waals surface area contributed by atoms with E-state index in [0.717, 1.165) is 6.07 Å². The number of halogens is 4. The van der Waals surface area contributed by atoms with Gasteiger partial charge in [0.05, 0.1) is 0 Å². The van der Waals surface area contributed by atoms with E-state index < -0.39 is 23.7 Å². The van der Waals surface area contributed by atoms with Gasteiger partial charge in [-0.05, 0) is 24.1 Å². The third-order valence-electron chi connectivity index (χ3n) is 1.82. The Morgan fingerprint density at radius 3 is 2.29 bits per heavy atom. The van der Waals surface area contributed by atoms with Crippen LogP contribution in [-0.2, 0) is 0 Å². The predicted molar refractivity (Wildman–Crippen MR) is 42.2 cm³/mol. The standard InChI is InChI=1S/C9H8F4O/c1-5-2-3-6(4-7(5)10)8(14)9(11,12)13/h2-4,8,14H,1H3/t8-/m0/s1. The Morgan fingerprint density at radius 1 is 1.29 bits per heavy atom. The number of aryl methyl sites for hydroxylation is 1. The van der Waals surface area contributed by atoms with Crippen LogP contribution in [0.3, 0.4) is 0 Å². The summed E-state index contributed by atoms with van der Waals surface area (Å²) < 4.78 is 48.8. The van der Waals surface area contributed by atoms with Crippen LogP contribution in [0, 0.1) is 12.7 Å². The molecule has 0 aromatic heterocycles. The molecule has 0 radical (unpaired) electrons. The van der Waals surface area contributed by atoms with Crippen LogP contribution in [0.25, 0.3) is 0 Å². The molecule has 0 saturated heterocycles. The summed E-state index contributed by atoms with van der Waals surface area (Å²) in [7, 11) is 0. The van der Waals surface area contributed by atoms with E-state index in [1.165, 1.54) is 13.0 Å². The summed E-state index contributed by atoms with van der Waals surface area (Å²) in [6.45, 7) is 1.43. The van der Waals surface area contributed by atoms with E-state index in [-0.39, 0.29) is 5.56 Å². The fourth-order valence-corrected chi connectivity index (χ4v) is 0.968. The van der Waals surface area contributed by atoms with E-state index in [9.17, 15) is 17.6 Å². The summed E-state index contributed by atoms with van der Waals surface area (Å²) in [6, 6.07) is 2.93. The molecular weight excluding hydrogens is 200 g/mol. The molecule has 0 amide bonds. The second-order valence-electron chi connectivity index (χ2n) is 2.95. The van der Waals surface area contributed by atoms with Crippen molar-refractivity contribution >= 4 is 0 Å². The van der Waals surface area contributed by atoms with Crippen molar-refractivity contribution in [1.29, 1.82) is 0 Å². The van der Waals surface area contributed by atoms with Crippen molar-refractivity contribution in [1.82, 2.24) is 0 Å². The number of alkyl halides is 3. The van der Waals surface area contributed by atoms with Crippen molar-refractivity contribution in [2.75, 3.05) is 0 Å². The zero-order chi connectivity index (χ0) is 10.9. The first-order valence-corrected chi connectivity index (χ1v) is 3.83. The van der Waals surface area contributed by atoms with E-state index in [1.54, 1.807) is 0 Å². The second-order valence-corrected chi connectivity index (χ2v) is 2.95. The molecule has 1 atom stereocenters. The number of hydrogen-bond donors (Lipinski definition) is 1. The van der Waals surface area contributed by atoms with Gasteiger partial charge >= 0.3 is 6.18 Å². The van der Waals surface area contributed by atoms with Crippen molar-refractivity contribution in [3.8, 4) is 0 Å². The molecule has 14 heavy (non-hydrogen) atoms. The molecule has 1 aromatic rings. The maximum absolute atomic E-state index is 12.8. The molecule has 0 saturated carbocycles. The number of aliphatic hydroxyl groups excluding tert-OH is 1. The van der Waals surface area contributed by atoms with Gasteiger partial charge < -0.3 is 5.11 Å². The molecule has 0 heterocycles. The largest absolute Gasteiger partial charge is 0.418 e. The van der Waals surface area contributed by atoms with Gasteiger partial charge in [0.25, 0.3) is 0 Å². The van der Waals surface area contributed by atoms with Crippen LogP contribution in [0.2, 0.25) is 0 Å². The van der Waals surface area contributed by atoms with Crippen LogP contribution in [0.1, 0.15) is 17.2 Å². The molecule has 0 spiro atoms. The minimum Gasteiger partial charge on any atom is -0.379 e. The molecule has 0 unspecified atom stereocenters. The lowest BCUT2D eigenvalue weighted by Gasteiger charge is -2.14. The smallest absolute Gasteiger partial charge is 0.379 e. The molecule has 0 bridgehead atoms. The average Bonchev–Trinajstić information content (AvgIpc) is 2.07. The van der Waals surface area contributed by atoms with Gasteiger partial charge in [0.1, 0.15) is 5.82 Å². The van der Waals surface area contributed by atoms with Crippen LogP contribution in [0.5, 0.6) is 0 Å². The number of benzene rings is 1. The van der Waals surface area contributed by atoms with Crippen molar-refractivity contribution in [2.24, 2.45) is 0 Å². The van der Waals surface area contributed by atoms with Gasteiger partial charge in [0, 0.05) is 0 Å². The van der Waals surface area contributed by atoms with E-state index in [4.69, 9.17) is 5.11 Å². The maximum Gasteiger partial charge on any atom is 0.418 e. The summed E-state index contributed by atoms with van der Waals surface area (Å²) in [5.41, 5.74) is -0.247. The van der Waals surface area contributed by atoms with E-state index in [1.807, 2.05) is 0 Å². The van der Waals surface area contributed by atoms with Gasteiger partial charge in [-0.1, -0.05) is 12.1 Å². The lowest BCUT2D eigenvalue weighted by atomic mass is 10.1. The molecule has 5 heteroatoms. The highest BCUT2D eigenvalue weighted by Crippen LogP contribution is 2.32. The van der Waals surface area contributed by atoms with Gasteiger partial charge in [-0.15, -0.1) is 0 Å². The van der Waals surface area contributed by atoms with Crippen molar-refractivity contribution in [3.05, 3.63) is 35.1 Å². The fourth-order valence-electron chi connectivity index (χ4n) is 0.968. The van der Waals surface area contributed by atoms with Crippen molar-refractivity contribution in [3.63, 3.8) is 0 Å². The van der Waals surface area contributed by atoms with Crippen molar-refractivity contribution in [2.45, 2.75) is 19.2 Å². The van der Waals surface area contributed by atoms with Gasteiger partial charge in [-0.2, -0.15) is 13.2 Å². The molecule has 0 aliphatic rings. The Morgan fingerprint density at radius 2 is 1.86 bits per heavy atom. The Hall–Kier alpha value is -1.10. The predicted octanol–water partition coefficient (Wildman–Crippen LogP) is 2.73. The molecular formula is C9H8F4O. The molecule has 78 valence electrons. The zero-order valence-electron chi connectivity index (χ0n) is 7.27. The van der Waals surface area contributed by atoms with Gasteiger partial charge in [-0.3, -0.25) is 0 Å². The lowest BCUT2D eigenvalue weighted by molar-refractivity contribution is -0.206. The minimum absolute atomic E-state index is 0.239. The molecule has 1 N–H and O–H groups in total. The first-order chi connectivity index (χ1) is 6.32. The van der Waals surface area contributed by atoms with Crippen LogP contribution < -0.4 is 0 Å². The fraction of sp³-hybridized carbons (Fsp3) is 0.333. The van der Waals surface area contributed by atoms with E-state index in [0.29, 0.717) is 6.07 Å². The van der Waals surface area contributed by atoms with Crippen molar-refractivity contribution < 1.29 is 22.7 Å². The van der Waals surface area contributed by atoms with E-state index >= 15 is 0 Å². The normalized spacial score (nSPS) is 14.1. The number of aliphatic hydroxyl groups is 1. The van der Waals surface area contributed by atoms with Gasteiger partial charge in [-0.25, -0.2) is 4.39 Å². The number of rotatable bonds is 1. The molecule has 0 fully saturated rings. The summed E-state index contributed by atoms with van der Waals surface area (Å²) in [6.07, 6.45) is -7.39.